The highest BCUT2D eigenvalue weighted by atomic mass is 16.1. The molecule has 0 aliphatic carbocycles. The predicted molar refractivity (Wildman–Crippen MR) is 60.6 cm³/mol. The molecule has 0 aliphatic rings. The van der Waals surface area contributed by atoms with Crippen molar-refractivity contribution in [3.05, 3.63) is 49.2 Å². The van der Waals surface area contributed by atoms with Crippen LogP contribution >= 0.6 is 0 Å². The first-order valence-corrected chi connectivity index (χ1v) is 4.58. The van der Waals surface area contributed by atoms with Gasteiger partial charge < -0.3 is 5.32 Å². The number of hydrogen-bond donors (Lipinski definition) is 1. The van der Waals surface area contributed by atoms with Crippen molar-refractivity contribution in [2.75, 3.05) is 5.32 Å². The van der Waals surface area contributed by atoms with Crippen LogP contribution in [-0.4, -0.2) is 10.9 Å². The second-order valence-corrected chi connectivity index (χ2v) is 3.10. The minimum absolute atomic E-state index is 0.210. The second-order valence-electron chi connectivity index (χ2n) is 3.10. The molecule has 1 heterocycles. The summed E-state index contributed by atoms with van der Waals surface area (Å²) in [5, 5.41) is 3.70. The van der Waals surface area contributed by atoms with Crippen LogP contribution in [0.5, 0.6) is 0 Å². The number of carbonyl (C=O) groups is 1. The highest BCUT2D eigenvalue weighted by molar-refractivity contribution is 6.00. The third-order valence-electron chi connectivity index (χ3n) is 2.06. The Labute approximate surface area is 87.4 Å². The van der Waals surface area contributed by atoms with Crippen molar-refractivity contribution in [1.82, 2.24) is 4.98 Å². The Hall–Kier alpha value is -2.16. The second kappa shape index (κ2) is 3.92. The molecule has 0 atom stereocenters. The van der Waals surface area contributed by atoms with Gasteiger partial charge in [0.25, 0.3) is 0 Å². The molecule has 0 saturated carbocycles. The molecule has 3 heteroatoms. The molecule has 2 rings (SSSR count). The summed E-state index contributed by atoms with van der Waals surface area (Å²) >= 11 is 0. The van der Waals surface area contributed by atoms with E-state index in [-0.39, 0.29) is 5.91 Å². The lowest BCUT2D eigenvalue weighted by Crippen LogP contribution is -2.06. The number of hydrogen-bond acceptors (Lipinski definition) is 2. The van der Waals surface area contributed by atoms with Crippen molar-refractivity contribution in [3.8, 4) is 0 Å². The Kier molecular flexibility index (Phi) is 2.46. The van der Waals surface area contributed by atoms with E-state index in [9.17, 15) is 4.79 Å². The molecule has 2 aromatic rings. The number of nitrogens with zero attached hydrogens (tertiary/aromatic N) is 1. The fourth-order valence-corrected chi connectivity index (χ4v) is 1.35. The minimum atomic E-state index is -0.210. The van der Waals surface area contributed by atoms with E-state index < -0.39 is 0 Å². The number of amides is 1. The van der Waals surface area contributed by atoms with E-state index in [1.54, 1.807) is 6.20 Å². The molecule has 0 bridgehead atoms. The Morgan fingerprint density at radius 2 is 2.27 bits per heavy atom. The average molecular weight is 198 g/mol. The van der Waals surface area contributed by atoms with Crippen LogP contribution in [0.3, 0.4) is 0 Å². The van der Waals surface area contributed by atoms with Gasteiger partial charge >= 0.3 is 0 Å². The summed E-state index contributed by atoms with van der Waals surface area (Å²) in [7, 11) is 0. The van der Waals surface area contributed by atoms with Crippen LogP contribution in [0.1, 0.15) is 0 Å². The summed E-state index contributed by atoms with van der Waals surface area (Å²) in [4.78, 5) is 15.3. The molecule has 0 unspecified atom stereocenters. The van der Waals surface area contributed by atoms with E-state index in [0.717, 1.165) is 16.6 Å². The van der Waals surface area contributed by atoms with Gasteiger partial charge in [-0.1, -0.05) is 12.6 Å². The maximum absolute atomic E-state index is 11.1. The van der Waals surface area contributed by atoms with Gasteiger partial charge in [0, 0.05) is 17.3 Å². The summed E-state index contributed by atoms with van der Waals surface area (Å²) in [6.45, 7) is 3.39. The maximum atomic E-state index is 11.1. The molecule has 1 aromatic carbocycles. The van der Waals surface area contributed by atoms with Crippen molar-refractivity contribution < 1.29 is 4.79 Å². The van der Waals surface area contributed by atoms with Crippen molar-refractivity contribution in [2.24, 2.45) is 0 Å². The molecule has 0 aliphatic heterocycles. The molecule has 3 nitrogen and oxygen atoms in total. The molecule has 1 N–H and O–H groups in total. The van der Waals surface area contributed by atoms with Crippen LogP contribution in [0.4, 0.5) is 5.69 Å². The number of carbonyl (C=O) groups excluding carboxylic acids is 1. The van der Waals surface area contributed by atoms with Gasteiger partial charge in [0.15, 0.2) is 0 Å². The van der Waals surface area contributed by atoms with Crippen LogP contribution in [0.15, 0.2) is 49.2 Å². The number of benzene rings is 1. The lowest BCUT2D eigenvalue weighted by Gasteiger charge is -2.03. The number of pyridine rings is 1. The van der Waals surface area contributed by atoms with Crippen LogP contribution in [-0.2, 0) is 4.79 Å². The molecular formula is C12H10N2O. The number of rotatable bonds is 2. The van der Waals surface area contributed by atoms with E-state index in [1.807, 2.05) is 30.3 Å². The summed E-state index contributed by atoms with van der Waals surface area (Å²) < 4.78 is 0. The molecular weight excluding hydrogens is 188 g/mol. The Balaban J connectivity index is 2.38. The van der Waals surface area contributed by atoms with Crippen molar-refractivity contribution in [2.45, 2.75) is 0 Å². The van der Waals surface area contributed by atoms with Crippen LogP contribution in [0.25, 0.3) is 10.9 Å². The number of fused-ring (bicyclic) bond motifs is 1. The summed E-state index contributed by atoms with van der Waals surface area (Å²) in [6, 6.07) is 9.38. The van der Waals surface area contributed by atoms with E-state index >= 15 is 0 Å². The fraction of sp³-hybridized carbons (Fsp3) is 0. The van der Waals surface area contributed by atoms with Gasteiger partial charge in [-0.15, -0.1) is 0 Å². The van der Waals surface area contributed by atoms with Crippen molar-refractivity contribution >= 4 is 22.5 Å². The molecule has 1 aromatic heterocycles. The van der Waals surface area contributed by atoms with E-state index in [4.69, 9.17) is 0 Å². The first-order valence-electron chi connectivity index (χ1n) is 4.58. The zero-order valence-corrected chi connectivity index (χ0v) is 8.10. The van der Waals surface area contributed by atoms with Gasteiger partial charge in [-0.2, -0.15) is 0 Å². The lowest BCUT2D eigenvalue weighted by molar-refractivity contribution is -0.111. The van der Waals surface area contributed by atoms with Gasteiger partial charge in [-0.05, 0) is 30.3 Å². The van der Waals surface area contributed by atoms with Crippen molar-refractivity contribution in [3.63, 3.8) is 0 Å². The van der Waals surface area contributed by atoms with Gasteiger partial charge in [-0.3, -0.25) is 9.78 Å². The number of aromatic nitrogens is 1. The highest BCUT2D eigenvalue weighted by Gasteiger charge is 1.98. The topological polar surface area (TPSA) is 42.0 Å². The Morgan fingerprint density at radius 1 is 1.40 bits per heavy atom. The monoisotopic (exact) mass is 198 g/mol. The third kappa shape index (κ3) is 2.02. The number of nitrogens with one attached hydrogen (secondary N) is 1. The maximum Gasteiger partial charge on any atom is 0.247 e. The highest BCUT2D eigenvalue weighted by Crippen LogP contribution is 2.16. The van der Waals surface area contributed by atoms with Gasteiger partial charge in [-0.25, -0.2) is 0 Å². The molecule has 0 saturated heterocycles. The normalized spacial score (nSPS) is 9.87. The zero-order chi connectivity index (χ0) is 10.7. The first-order chi connectivity index (χ1) is 7.29. The molecule has 0 radical (unpaired) electrons. The van der Waals surface area contributed by atoms with Crippen LogP contribution in [0, 0.1) is 0 Å². The Bertz CT molecular complexity index is 520. The lowest BCUT2D eigenvalue weighted by atomic mass is 10.2. The van der Waals surface area contributed by atoms with Crippen LogP contribution < -0.4 is 5.32 Å². The molecule has 0 spiro atoms. The SMILES string of the molecule is C=CC(=O)Nc1ccc2ncccc2c1. The first kappa shape index (κ1) is 9.40. The quantitative estimate of drug-likeness (QED) is 0.752. The standard InChI is InChI=1S/C12H10N2O/c1-2-12(15)14-10-5-6-11-9(8-10)4-3-7-13-11/h2-8H,1H2,(H,14,15). The molecule has 15 heavy (non-hydrogen) atoms. The van der Waals surface area contributed by atoms with Crippen LogP contribution in [0.2, 0.25) is 0 Å². The van der Waals surface area contributed by atoms with Crippen molar-refractivity contribution in [1.29, 1.82) is 0 Å². The molecule has 1 amide bonds. The summed E-state index contributed by atoms with van der Waals surface area (Å²) in [5.74, 6) is -0.210. The van der Waals surface area contributed by atoms with E-state index in [0.29, 0.717) is 0 Å². The van der Waals surface area contributed by atoms with Gasteiger partial charge in [0.2, 0.25) is 5.91 Å². The zero-order valence-electron chi connectivity index (χ0n) is 8.10. The molecule has 0 fully saturated rings. The average Bonchev–Trinajstić information content (AvgIpc) is 2.29. The predicted octanol–water partition coefficient (Wildman–Crippen LogP) is 2.36. The fourth-order valence-electron chi connectivity index (χ4n) is 1.35. The third-order valence-corrected chi connectivity index (χ3v) is 2.06. The summed E-state index contributed by atoms with van der Waals surface area (Å²) in [5.41, 5.74) is 1.66. The summed E-state index contributed by atoms with van der Waals surface area (Å²) in [6.07, 6.45) is 2.98. The smallest absolute Gasteiger partial charge is 0.247 e. The van der Waals surface area contributed by atoms with E-state index in [1.165, 1.54) is 6.08 Å². The Morgan fingerprint density at radius 3 is 3.07 bits per heavy atom. The number of anilines is 1. The molecule has 74 valence electrons. The minimum Gasteiger partial charge on any atom is -0.323 e. The van der Waals surface area contributed by atoms with E-state index in [2.05, 4.69) is 16.9 Å². The largest absolute Gasteiger partial charge is 0.323 e. The van der Waals surface area contributed by atoms with Gasteiger partial charge in [0.05, 0.1) is 5.52 Å². The van der Waals surface area contributed by atoms with Gasteiger partial charge in [0.1, 0.15) is 0 Å².